The molecule has 0 saturated carbocycles. The minimum absolute atomic E-state index is 0.0458. The van der Waals surface area contributed by atoms with E-state index < -0.39 is 32.6 Å². The van der Waals surface area contributed by atoms with E-state index in [9.17, 15) is 9.90 Å². The fourth-order valence-corrected chi connectivity index (χ4v) is 19.7. The van der Waals surface area contributed by atoms with Gasteiger partial charge < -0.3 is 0 Å². The van der Waals surface area contributed by atoms with Gasteiger partial charge in [0.15, 0.2) is 0 Å². The molecular formula is C32H60O3SiSn. The van der Waals surface area contributed by atoms with Crippen LogP contribution in [0.15, 0.2) is 45.1 Å². The molecule has 0 aromatic carbocycles. The van der Waals surface area contributed by atoms with E-state index in [-0.39, 0.29) is 11.9 Å². The maximum atomic E-state index is 12.3. The summed E-state index contributed by atoms with van der Waals surface area (Å²) in [6.07, 6.45) is 15.6. The first kappa shape index (κ1) is 36.4. The SMILES string of the molecule is CCC[CH2][Sn](/[CH]=C/[C@@H](O)[C@@H](C)/C=C(C)/C=C(C)\C=C(/C)C(=O)OCC[Si](C)(C)C)([CH2]CCC)[CH2]CCC. The Balaban J connectivity index is 5.36. The summed E-state index contributed by atoms with van der Waals surface area (Å²) in [5.41, 5.74) is 2.74. The third-order valence-electron chi connectivity index (χ3n) is 7.10. The molecule has 0 unspecified atom stereocenters. The molecule has 0 amide bonds. The quantitative estimate of drug-likeness (QED) is 0.0663. The Labute approximate surface area is 235 Å². The van der Waals surface area contributed by atoms with Crippen LogP contribution in [-0.2, 0) is 9.53 Å². The van der Waals surface area contributed by atoms with E-state index in [4.69, 9.17) is 4.74 Å². The Bertz CT molecular complexity index is 752. The molecule has 0 fully saturated rings. The predicted octanol–water partition coefficient (Wildman–Crippen LogP) is 9.65. The molecule has 2 atom stereocenters. The monoisotopic (exact) mass is 640 g/mol. The van der Waals surface area contributed by atoms with E-state index in [1.807, 2.05) is 19.9 Å². The molecule has 3 nitrogen and oxygen atoms in total. The van der Waals surface area contributed by atoms with Crippen LogP contribution in [0.2, 0.25) is 39.0 Å². The van der Waals surface area contributed by atoms with Gasteiger partial charge in [-0.15, -0.1) is 0 Å². The van der Waals surface area contributed by atoms with E-state index in [1.165, 1.54) is 51.8 Å². The molecule has 0 saturated heterocycles. The molecule has 0 aliphatic carbocycles. The summed E-state index contributed by atoms with van der Waals surface area (Å²) in [6, 6.07) is 0.984. The van der Waals surface area contributed by atoms with E-state index in [2.05, 4.69) is 76.6 Å². The van der Waals surface area contributed by atoms with Crippen LogP contribution < -0.4 is 0 Å². The molecule has 1 N–H and O–H groups in total. The Morgan fingerprint density at radius 1 is 0.892 bits per heavy atom. The number of esters is 1. The molecule has 0 spiro atoms. The number of hydrogen-bond acceptors (Lipinski definition) is 3. The molecular weight excluding hydrogens is 579 g/mol. The van der Waals surface area contributed by atoms with Crippen molar-refractivity contribution in [3.05, 3.63) is 45.1 Å². The van der Waals surface area contributed by atoms with E-state index in [1.54, 1.807) is 0 Å². The number of hydrogen-bond donors (Lipinski definition) is 1. The van der Waals surface area contributed by atoms with Crippen molar-refractivity contribution in [3.63, 3.8) is 0 Å². The normalized spacial score (nSPS) is 15.8. The molecule has 0 radical (unpaired) electrons. The average molecular weight is 640 g/mol. The van der Waals surface area contributed by atoms with Gasteiger partial charge in [-0.3, -0.25) is 0 Å². The van der Waals surface area contributed by atoms with Crippen LogP contribution >= 0.6 is 0 Å². The number of ether oxygens (including phenoxy) is 1. The Hall–Kier alpha value is -0.594. The number of allylic oxidation sites excluding steroid dienone is 4. The van der Waals surface area contributed by atoms with Crippen LogP contribution in [0.25, 0.3) is 0 Å². The molecule has 214 valence electrons. The van der Waals surface area contributed by atoms with Gasteiger partial charge >= 0.3 is 196 Å². The van der Waals surface area contributed by atoms with Gasteiger partial charge in [0.1, 0.15) is 0 Å². The number of carbonyl (C=O) groups is 1. The first-order valence-electron chi connectivity index (χ1n) is 14.9. The number of unbranched alkanes of at least 4 members (excludes halogenated alkanes) is 3. The second-order valence-corrected chi connectivity index (χ2v) is 31.1. The summed E-state index contributed by atoms with van der Waals surface area (Å²) in [5, 5.41) is 11.0. The third kappa shape index (κ3) is 17.6. The summed E-state index contributed by atoms with van der Waals surface area (Å²) in [4.78, 5) is 12.3. The van der Waals surface area contributed by atoms with E-state index in [0.717, 1.165) is 17.2 Å². The van der Waals surface area contributed by atoms with Gasteiger partial charge in [-0.1, -0.05) is 19.6 Å². The predicted molar refractivity (Wildman–Crippen MR) is 170 cm³/mol. The zero-order valence-corrected chi connectivity index (χ0v) is 29.9. The van der Waals surface area contributed by atoms with Crippen LogP contribution in [0.1, 0.15) is 87.0 Å². The van der Waals surface area contributed by atoms with Crippen molar-refractivity contribution in [1.29, 1.82) is 0 Å². The van der Waals surface area contributed by atoms with Crippen LogP contribution in [0.5, 0.6) is 0 Å². The van der Waals surface area contributed by atoms with Crippen molar-refractivity contribution in [1.82, 2.24) is 0 Å². The Morgan fingerprint density at radius 3 is 1.86 bits per heavy atom. The molecule has 5 heteroatoms. The van der Waals surface area contributed by atoms with Gasteiger partial charge in [-0.25, -0.2) is 0 Å². The number of carbonyl (C=O) groups excluding carboxylic acids is 1. The van der Waals surface area contributed by atoms with Crippen LogP contribution in [0.3, 0.4) is 0 Å². The summed E-state index contributed by atoms with van der Waals surface area (Å²) in [6.45, 7) is 22.2. The van der Waals surface area contributed by atoms with Crippen molar-refractivity contribution in [2.75, 3.05) is 6.61 Å². The van der Waals surface area contributed by atoms with E-state index in [0.29, 0.717) is 12.2 Å². The van der Waals surface area contributed by atoms with Gasteiger partial charge in [-0.05, 0) is 6.04 Å². The second-order valence-electron chi connectivity index (χ2n) is 12.5. The topological polar surface area (TPSA) is 46.5 Å². The van der Waals surface area contributed by atoms with Crippen LogP contribution in [-0.4, -0.2) is 50.2 Å². The van der Waals surface area contributed by atoms with Crippen molar-refractivity contribution in [2.24, 2.45) is 5.92 Å². The summed E-state index contributed by atoms with van der Waals surface area (Å²) >= 11 is -2.38. The molecule has 0 aromatic heterocycles. The van der Waals surface area contributed by atoms with Crippen LogP contribution in [0, 0.1) is 5.92 Å². The number of aliphatic hydroxyl groups excluding tert-OH is 1. The third-order valence-corrected chi connectivity index (χ3v) is 22.9. The number of aliphatic hydroxyl groups is 1. The fourth-order valence-electron chi connectivity index (χ4n) is 4.62. The van der Waals surface area contributed by atoms with Gasteiger partial charge in [0.25, 0.3) is 0 Å². The van der Waals surface area contributed by atoms with Gasteiger partial charge in [0, 0.05) is 8.07 Å². The standard InChI is InChI=1S/C20H33O3Si.3C4H9.Sn/c1-9-19(21)17(4)13-15(2)12-16(3)14-18(5)20(22)23-10-11-24(6,7)8;3*1-3-4-2;/h1,9,12-14,17,19,21H,10-11H2,2-8H3;3*1,3-4H2,2H3;/b9-1?,15-13+,16-12-,18-14+;;;;/t17-,19+;;;;/m0..../s1. The first-order chi connectivity index (χ1) is 17.3. The molecule has 0 heterocycles. The van der Waals surface area contributed by atoms with E-state index >= 15 is 0 Å². The number of rotatable bonds is 19. The maximum absolute atomic E-state index is 12.3. The van der Waals surface area contributed by atoms with Gasteiger partial charge in [-0.2, -0.15) is 0 Å². The summed E-state index contributed by atoms with van der Waals surface area (Å²) in [7, 11) is -1.21. The molecule has 0 aromatic rings. The zero-order chi connectivity index (χ0) is 28.5. The van der Waals surface area contributed by atoms with Crippen molar-refractivity contribution in [2.45, 2.75) is 132 Å². The second kappa shape index (κ2) is 19.5. The molecule has 37 heavy (non-hydrogen) atoms. The Morgan fingerprint density at radius 2 is 1.41 bits per heavy atom. The fraction of sp³-hybridized carbons (Fsp3) is 0.719. The molecule has 0 bridgehead atoms. The summed E-state index contributed by atoms with van der Waals surface area (Å²) in [5.74, 6) is -0.185. The molecule has 0 rings (SSSR count). The van der Waals surface area contributed by atoms with Gasteiger partial charge in [0.2, 0.25) is 0 Å². The van der Waals surface area contributed by atoms with Crippen molar-refractivity contribution >= 4 is 32.4 Å². The Kier molecular flexibility index (Phi) is 19.1. The molecule has 0 aliphatic rings. The molecule has 0 aliphatic heterocycles. The first-order valence-corrected chi connectivity index (χ1v) is 26.3. The van der Waals surface area contributed by atoms with Crippen molar-refractivity contribution in [3.8, 4) is 0 Å². The average Bonchev–Trinajstić information content (AvgIpc) is 2.81. The minimum atomic E-state index is -2.38. The van der Waals surface area contributed by atoms with Gasteiger partial charge in [0.05, 0.1) is 6.61 Å². The zero-order valence-electron chi connectivity index (χ0n) is 26.1. The summed E-state index contributed by atoms with van der Waals surface area (Å²) < 4.78 is 12.3. The van der Waals surface area contributed by atoms with Crippen LogP contribution in [0.4, 0.5) is 0 Å². The van der Waals surface area contributed by atoms with Crippen molar-refractivity contribution < 1.29 is 14.6 Å².